The Morgan fingerprint density at radius 3 is 2.50 bits per heavy atom. The molecule has 5 rings (SSSR count). The summed E-state index contributed by atoms with van der Waals surface area (Å²) in [6.45, 7) is 1.76. The van der Waals surface area contributed by atoms with E-state index in [9.17, 15) is 13.6 Å². The number of amides is 1. The third kappa shape index (κ3) is 2.92. The first kappa shape index (κ1) is 18.9. The number of halogens is 2. The molecule has 154 valence electrons. The summed E-state index contributed by atoms with van der Waals surface area (Å²) >= 11 is 0. The maximum Gasteiger partial charge on any atom is 0.254 e. The molecule has 3 aromatic rings. The number of piperidine rings is 1. The summed E-state index contributed by atoms with van der Waals surface area (Å²) in [6, 6.07) is 11.3. The van der Waals surface area contributed by atoms with Crippen LogP contribution in [0.4, 0.5) is 8.78 Å². The second-order valence-corrected chi connectivity index (χ2v) is 8.09. The zero-order chi connectivity index (χ0) is 20.9. The second-order valence-electron chi connectivity index (χ2n) is 8.09. The number of benzene rings is 2. The molecule has 3 heterocycles. The van der Waals surface area contributed by atoms with Gasteiger partial charge in [0.25, 0.3) is 5.91 Å². The van der Waals surface area contributed by atoms with Crippen molar-refractivity contribution in [1.29, 1.82) is 0 Å². The van der Waals surface area contributed by atoms with E-state index in [-0.39, 0.29) is 17.0 Å². The van der Waals surface area contributed by atoms with Gasteiger partial charge in [-0.15, -0.1) is 0 Å². The smallest absolute Gasteiger partial charge is 0.254 e. The molecule has 1 aromatic heterocycles. The summed E-state index contributed by atoms with van der Waals surface area (Å²) in [5.74, 6) is -0.852. The van der Waals surface area contributed by atoms with Crippen molar-refractivity contribution in [3.63, 3.8) is 0 Å². The molecule has 0 radical (unpaired) electrons. The predicted molar refractivity (Wildman–Crippen MR) is 108 cm³/mol. The molecule has 0 saturated carbocycles. The van der Waals surface area contributed by atoms with E-state index in [4.69, 9.17) is 4.98 Å². The molecule has 0 unspecified atom stereocenters. The normalized spacial score (nSPS) is 18.0. The van der Waals surface area contributed by atoms with Crippen LogP contribution < -0.4 is 0 Å². The van der Waals surface area contributed by atoms with E-state index in [1.165, 1.54) is 5.56 Å². The van der Waals surface area contributed by atoms with Gasteiger partial charge in [0.05, 0.1) is 11.2 Å². The van der Waals surface area contributed by atoms with Crippen molar-refractivity contribution in [2.45, 2.75) is 24.9 Å². The van der Waals surface area contributed by atoms with Gasteiger partial charge in [0, 0.05) is 43.7 Å². The molecule has 2 aliphatic rings. The summed E-state index contributed by atoms with van der Waals surface area (Å²) in [4.78, 5) is 21.6. The molecule has 1 fully saturated rings. The van der Waals surface area contributed by atoms with Gasteiger partial charge in [-0.2, -0.15) is 0 Å². The molecule has 1 amide bonds. The van der Waals surface area contributed by atoms with Gasteiger partial charge in [-0.05, 0) is 43.7 Å². The number of carbonyl (C=O) groups excluding carboxylic acids is 1. The Morgan fingerprint density at radius 2 is 1.77 bits per heavy atom. The van der Waals surface area contributed by atoms with Gasteiger partial charge in [0.1, 0.15) is 17.5 Å². The van der Waals surface area contributed by atoms with E-state index in [0.29, 0.717) is 25.9 Å². The first-order chi connectivity index (χ1) is 14.5. The van der Waals surface area contributed by atoms with Gasteiger partial charge in [-0.1, -0.05) is 18.2 Å². The highest BCUT2D eigenvalue weighted by molar-refractivity contribution is 5.94. The van der Waals surface area contributed by atoms with Crippen molar-refractivity contribution in [3.05, 3.63) is 83.4 Å². The molecule has 0 N–H and O–H groups in total. The van der Waals surface area contributed by atoms with Crippen LogP contribution >= 0.6 is 0 Å². The number of fused-ring (bicyclic) bond motifs is 4. The minimum Gasteiger partial charge on any atom is -0.338 e. The lowest BCUT2D eigenvalue weighted by molar-refractivity contribution is 0.0230. The molecule has 0 atom stereocenters. The highest BCUT2D eigenvalue weighted by Crippen LogP contribution is 2.42. The number of hydrogen-bond acceptors (Lipinski definition) is 3. The lowest BCUT2D eigenvalue weighted by Crippen LogP contribution is -2.53. The van der Waals surface area contributed by atoms with Gasteiger partial charge in [-0.25, -0.2) is 13.8 Å². The van der Waals surface area contributed by atoms with Crippen LogP contribution in [0.15, 0.2) is 54.9 Å². The van der Waals surface area contributed by atoms with E-state index in [1.54, 1.807) is 4.90 Å². The number of aromatic nitrogens is 2. The fraction of sp³-hybridized carbons (Fsp3) is 0.304. The molecule has 2 aromatic carbocycles. The van der Waals surface area contributed by atoms with Crippen molar-refractivity contribution in [2.75, 3.05) is 20.1 Å². The van der Waals surface area contributed by atoms with Crippen molar-refractivity contribution in [3.8, 4) is 5.69 Å². The number of hydrogen-bond donors (Lipinski definition) is 0. The van der Waals surface area contributed by atoms with Crippen LogP contribution in [0.3, 0.4) is 0 Å². The number of carbonyl (C=O) groups is 1. The van der Waals surface area contributed by atoms with Gasteiger partial charge in [-0.3, -0.25) is 9.69 Å². The topological polar surface area (TPSA) is 41.4 Å². The van der Waals surface area contributed by atoms with Crippen LogP contribution in [0, 0.1) is 11.6 Å². The van der Waals surface area contributed by atoms with Gasteiger partial charge < -0.3 is 9.47 Å². The largest absolute Gasteiger partial charge is 0.338 e. The Hall–Kier alpha value is -3.06. The van der Waals surface area contributed by atoms with Crippen LogP contribution in [0.5, 0.6) is 0 Å². The number of rotatable bonds is 1. The van der Waals surface area contributed by atoms with Crippen molar-refractivity contribution in [2.24, 2.45) is 0 Å². The quantitative estimate of drug-likeness (QED) is 0.616. The number of para-hydroxylation sites is 1. The monoisotopic (exact) mass is 408 g/mol. The standard InChI is InChI=1S/C23H22F2N4O/c1-27-15-16-4-2-3-5-20(16)29-11-8-26-22(29)23(27)6-9-28(10-7-23)21(30)17-12-18(24)14-19(25)13-17/h2-5,8,11-14H,6-7,9-10,15H2,1H3. The predicted octanol–water partition coefficient (Wildman–Crippen LogP) is 3.73. The van der Waals surface area contributed by atoms with Gasteiger partial charge >= 0.3 is 0 Å². The van der Waals surface area contributed by atoms with Crippen molar-refractivity contribution < 1.29 is 13.6 Å². The summed E-state index contributed by atoms with van der Waals surface area (Å²) in [7, 11) is 2.10. The average Bonchev–Trinajstić information content (AvgIpc) is 3.20. The third-order valence-electron chi connectivity index (χ3n) is 6.43. The Kier molecular flexibility index (Phi) is 4.43. The molecular formula is C23H22F2N4O. The van der Waals surface area contributed by atoms with Crippen LogP contribution in [0.25, 0.3) is 5.69 Å². The van der Waals surface area contributed by atoms with Crippen LogP contribution in [-0.2, 0) is 12.1 Å². The maximum atomic E-state index is 13.6. The maximum absolute atomic E-state index is 13.6. The minimum absolute atomic E-state index is 0.0478. The molecule has 0 bridgehead atoms. The molecule has 30 heavy (non-hydrogen) atoms. The zero-order valence-corrected chi connectivity index (χ0v) is 16.7. The number of imidazole rings is 1. The SMILES string of the molecule is CN1Cc2ccccc2-n2ccnc2C12CCN(C(=O)c1cc(F)cc(F)c1)CC2. The van der Waals surface area contributed by atoms with Crippen LogP contribution in [-0.4, -0.2) is 45.4 Å². The van der Waals surface area contributed by atoms with Crippen molar-refractivity contribution in [1.82, 2.24) is 19.4 Å². The molecule has 5 nitrogen and oxygen atoms in total. The van der Waals surface area contributed by atoms with E-state index in [0.717, 1.165) is 36.3 Å². The minimum atomic E-state index is -0.741. The third-order valence-corrected chi connectivity index (χ3v) is 6.43. The molecular weight excluding hydrogens is 386 g/mol. The van der Waals surface area contributed by atoms with E-state index in [1.807, 2.05) is 24.5 Å². The second kappa shape index (κ2) is 7.02. The van der Waals surface area contributed by atoms with Crippen LogP contribution in [0.1, 0.15) is 34.6 Å². The first-order valence-corrected chi connectivity index (χ1v) is 10.1. The van der Waals surface area contributed by atoms with Gasteiger partial charge in [0.15, 0.2) is 0 Å². The summed E-state index contributed by atoms with van der Waals surface area (Å²) < 4.78 is 29.3. The van der Waals surface area contributed by atoms with Gasteiger partial charge in [0.2, 0.25) is 0 Å². The Bertz CT molecular complexity index is 1100. The lowest BCUT2D eigenvalue weighted by Gasteiger charge is -2.46. The Morgan fingerprint density at radius 1 is 1.07 bits per heavy atom. The highest BCUT2D eigenvalue weighted by atomic mass is 19.1. The van der Waals surface area contributed by atoms with Crippen LogP contribution in [0.2, 0.25) is 0 Å². The fourth-order valence-corrected chi connectivity index (χ4v) is 4.84. The zero-order valence-electron chi connectivity index (χ0n) is 16.7. The van der Waals surface area contributed by atoms with E-state index < -0.39 is 11.6 Å². The molecule has 1 spiro atoms. The Balaban J connectivity index is 1.45. The Labute approximate surface area is 173 Å². The summed E-state index contributed by atoms with van der Waals surface area (Å²) in [6.07, 6.45) is 5.19. The average molecular weight is 408 g/mol. The molecule has 7 heteroatoms. The van der Waals surface area contributed by atoms with E-state index in [2.05, 4.69) is 28.6 Å². The summed E-state index contributed by atoms with van der Waals surface area (Å²) in [5.41, 5.74) is 2.09. The van der Waals surface area contributed by atoms with Crippen molar-refractivity contribution >= 4 is 5.91 Å². The van der Waals surface area contributed by atoms with E-state index >= 15 is 0 Å². The molecule has 1 saturated heterocycles. The fourth-order valence-electron chi connectivity index (χ4n) is 4.84. The summed E-state index contributed by atoms with van der Waals surface area (Å²) in [5, 5.41) is 0. The highest BCUT2D eigenvalue weighted by Gasteiger charge is 2.45. The number of nitrogens with zero attached hydrogens (tertiary/aromatic N) is 4. The number of likely N-dealkylation sites (tertiary alicyclic amines) is 1. The lowest BCUT2D eigenvalue weighted by atomic mass is 9.84. The molecule has 0 aliphatic carbocycles. The first-order valence-electron chi connectivity index (χ1n) is 10.1. The molecule has 2 aliphatic heterocycles.